The van der Waals surface area contributed by atoms with E-state index < -0.39 is 0 Å². The van der Waals surface area contributed by atoms with Crippen molar-refractivity contribution in [3.8, 4) is 0 Å². The Balaban J connectivity index is 0. The van der Waals surface area contributed by atoms with Gasteiger partial charge in [0.25, 0.3) is 0 Å². The van der Waals surface area contributed by atoms with Crippen molar-refractivity contribution in [2.45, 2.75) is 6.42 Å². The average Bonchev–Trinajstić information content (AvgIpc) is 1.46. The minimum atomic E-state index is 0. The van der Waals surface area contributed by atoms with Crippen LogP contribution in [0.2, 0.25) is 0 Å². The van der Waals surface area contributed by atoms with Crippen molar-refractivity contribution in [3.05, 3.63) is 12.2 Å². The van der Waals surface area contributed by atoms with Crippen LogP contribution in [0, 0.1) is 0 Å². The van der Waals surface area contributed by atoms with Gasteiger partial charge in [-0.25, -0.2) is 0 Å². The Morgan fingerprint density at radius 2 is 1.75 bits per heavy atom. The van der Waals surface area contributed by atoms with Crippen LogP contribution < -0.4 is 29.6 Å². The van der Waals surface area contributed by atoms with Gasteiger partial charge in [-0.05, 0) is 6.42 Å². The molecule has 1 heteroatoms. The molecule has 0 radical (unpaired) electrons. The Bertz CT molecular complexity index is 29.9. The van der Waals surface area contributed by atoms with Crippen LogP contribution in [-0.2, 0) is 0 Å². The SMILES string of the molecule is C1=CC1.[H-].[Na+]. The van der Waals surface area contributed by atoms with E-state index in [-0.39, 0.29) is 31.0 Å². The van der Waals surface area contributed by atoms with Gasteiger partial charge < -0.3 is 1.43 Å². The Kier molecular flexibility index (Phi) is 2.38. The predicted molar refractivity (Wildman–Crippen MR) is 14.9 cm³/mol. The molecular weight excluding hydrogens is 59.0 g/mol. The Hall–Kier alpha value is 0.740. The monoisotopic (exact) mass is 64.0 g/mol. The number of allylic oxidation sites excluding steroid dienone is 2. The third-order valence-corrected chi connectivity index (χ3v) is 0.236. The summed E-state index contributed by atoms with van der Waals surface area (Å²) in [4.78, 5) is 0. The summed E-state index contributed by atoms with van der Waals surface area (Å²) in [6.45, 7) is 0. The molecule has 0 atom stereocenters. The molecule has 0 amide bonds. The fraction of sp³-hybridized carbons (Fsp3) is 0.333. The van der Waals surface area contributed by atoms with Crippen LogP contribution in [-0.4, -0.2) is 0 Å². The topological polar surface area (TPSA) is 0 Å². The van der Waals surface area contributed by atoms with E-state index >= 15 is 0 Å². The molecule has 4 heavy (non-hydrogen) atoms. The summed E-state index contributed by atoms with van der Waals surface area (Å²) in [7, 11) is 0. The van der Waals surface area contributed by atoms with Crippen LogP contribution >= 0.6 is 0 Å². The van der Waals surface area contributed by atoms with E-state index in [2.05, 4.69) is 12.2 Å². The van der Waals surface area contributed by atoms with E-state index in [0.717, 1.165) is 0 Å². The smallest absolute Gasteiger partial charge is 1.00 e. The molecule has 0 bridgehead atoms. The Morgan fingerprint density at radius 3 is 1.75 bits per heavy atom. The quantitative estimate of drug-likeness (QED) is 0.227. The number of rotatable bonds is 0. The van der Waals surface area contributed by atoms with Gasteiger partial charge >= 0.3 is 29.6 Å². The van der Waals surface area contributed by atoms with Crippen LogP contribution in [0.3, 0.4) is 0 Å². The van der Waals surface area contributed by atoms with Crippen molar-refractivity contribution < 1.29 is 31.0 Å². The molecule has 0 aromatic heterocycles. The van der Waals surface area contributed by atoms with Crippen LogP contribution in [0.1, 0.15) is 7.85 Å². The zero-order valence-corrected chi connectivity index (χ0v) is 4.86. The van der Waals surface area contributed by atoms with Gasteiger partial charge in [-0.1, -0.05) is 12.2 Å². The third-order valence-electron chi connectivity index (χ3n) is 0.236. The standard InChI is InChI=1S/C3H4.Na.H/c1-2-3-1;;/h1-2H,3H2;;/q;+1;-1. The maximum absolute atomic E-state index is 2.12. The number of hydrogen-bond donors (Lipinski definition) is 0. The van der Waals surface area contributed by atoms with Crippen LogP contribution in [0.15, 0.2) is 12.2 Å². The molecule has 0 aromatic rings. The molecule has 0 saturated carbocycles. The average molecular weight is 64.1 g/mol. The van der Waals surface area contributed by atoms with Gasteiger partial charge in [-0.15, -0.1) is 0 Å². The van der Waals surface area contributed by atoms with Gasteiger partial charge in [-0.3, -0.25) is 0 Å². The maximum Gasteiger partial charge on any atom is 1.00 e. The van der Waals surface area contributed by atoms with E-state index in [1.165, 1.54) is 6.42 Å². The van der Waals surface area contributed by atoms with E-state index in [9.17, 15) is 0 Å². The van der Waals surface area contributed by atoms with Gasteiger partial charge in [0.2, 0.25) is 0 Å². The van der Waals surface area contributed by atoms with E-state index in [0.29, 0.717) is 0 Å². The third kappa shape index (κ3) is 2.74. The summed E-state index contributed by atoms with van der Waals surface area (Å²) in [6, 6.07) is 0. The molecule has 0 spiro atoms. The fourth-order valence-corrected chi connectivity index (χ4v) is 0. The molecule has 0 fully saturated rings. The van der Waals surface area contributed by atoms with E-state index in [1.54, 1.807) is 0 Å². The summed E-state index contributed by atoms with van der Waals surface area (Å²) >= 11 is 0. The predicted octanol–water partition coefficient (Wildman–Crippen LogP) is -1.94. The van der Waals surface area contributed by atoms with Gasteiger partial charge in [0.15, 0.2) is 0 Å². The molecule has 1 aliphatic rings. The van der Waals surface area contributed by atoms with E-state index in [1.807, 2.05) is 0 Å². The minimum Gasteiger partial charge on any atom is -1.00 e. The summed E-state index contributed by atoms with van der Waals surface area (Å²) in [5.41, 5.74) is 0. The molecule has 18 valence electrons. The van der Waals surface area contributed by atoms with Crippen LogP contribution in [0.5, 0.6) is 0 Å². The zero-order valence-electron chi connectivity index (χ0n) is 3.86. The molecular formula is C3H5Na. The first-order chi connectivity index (χ1) is 1.50. The molecule has 1 rings (SSSR count). The van der Waals surface area contributed by atoms with Crippen LogP contribution in [0.4, 0.5) is 0 Å². The van der Waals surface area contributed by atoms with Gasteiger partial charge in [0.1, 0.15) is 0 Å². The second-order valence-electron chi connectivity index (χ2n) is 0.707. The molecule has 0 nitrogen and oxygen atoms in total. The minimum absolute atomic E-state index is 0. The van der Waals surface area contributed by atoms with Crippen molar-refractivity contribution in [1.82, 2.24) is 0 Å². The van der Waals surface area contributed by atoms with Crippen molar-refractivity contribution >= 4 is 0 Å². The molecule has 0 unspecified atom stereocenters. The first-order valence-corrected chi connectivity index (χ1v) is 1.15. The van der Waals surface area contributed by atoms with Crippen molar-refractivity contribution in [2.75, 3.05) is 0 Å². The fourth-order valence-electron chi connectivity index (χ4n) is 0. The summed E-state index contributed by atoms with van der Waals surface area (Å²) in [5.74, 6) is 0. The van der Waals surface area contributed by atoms with Gasteiger partial charge in [0, 0.05) is 0 Å². The van der Waals surface area contributed by atoms with Crippen LogP contribution in [0.25, 0.3) is 0 Å². The van der Waals surface area contributed by atoms with Crippen molar-refractivity contribution in [3.63, 3.8) is 0 Å². The Morgan fingerprint density at radius 1 is 1.50 bits per heavy atom. The molecule has 0 aliphatic heterocycles. The molecule has 0 heterocycles. The van der Waals surface area contributed by atoms with Crippen molar-refractivity contribution in [1.29, 1.82) is 0 Å². The molecule has 0 aromatic carbocycles. The first-order valence-electron chi connectivity index (χ1n) is 1.15. The van der Waals surface area contributed by atoms with E-state index in [4.69, 9.17) is 0 Å². The molecule has 0 N–H and O–H groups in total. The zero-order chi connectivity index (χ0) is 2.12. The number of hydrogen-bond acceptors (Lipinski definition) is 0. The Labute approximate surface area is 49.7 Å². The molecule has 0 saturated heterocycles. The normalized spacial score (nSPS) is 14.0. The van der Waals surface area contributed by atoms with Gasteiger partial charge in [0.05, 0.1) is 0 Å². The van der Waals surface area contributed by atoms with Gasteiger partial charge in [-0.2, -0.15) is 0 Å². The second kappa shape index (κ2) is 2.01. The van der Waals surface area contributed by atoms with Crippen molar-refractivity contribution in [2.24, 2.45) is 0 Å². The first kappa shape index (κ1) is 4.74. The maximum atomic E-state index is 2.12. The summed E-state index contributed by atoms with van der Waals surface area (Å²) < 4.78 is 0. The largest absolute Gasteiger partial charge is 1.00 e. The molecule has 1 aliphatic carbocycles. The summed E-state index contributed by atoms with van der Waals surface area (Å²) in [5, 5.41) is 0. The second-order valence-corrected chi connectivity index (χ2v) is 0.707. The summed E-state index contributed by atoms with van der Waals surface area (Å²) in [6.07, 6.45) is 5.50.